The molecule has 1 rings (SSSR count). The first kappa shape index (κ1) is 18.3. The van der Waals surface area contributed by atoms with Gasteiger partial charge >= 0.3 is 0 Å². The molecule has 1 aliphatic rings. The van der Waals surface area contributed by atoms with Crippen molar-refractivity contribution in [3.63, 3.8) is 0 Å². The average Bonchev–Trinajstić information content (AvgIpc) is 2.24. The first-order valence-electron chi connectivity index (χ1n) is 6.72. The van der Waals surface area contributed by atoms with Crippen LogP contribution in [0.1, 0.15) is 20.8 Å². The standard InChI is InChI=1S/C13H24N2O4S2/c1-11(2)9-20(16,17)14-6-7-15(13(5)8-14)21(18,19)10-12(3)4/h13H,1,3,6-10H2,2,4-5H3. The van der Waals surface area contributed by atoms with Gasteiger partial charge in [0.1, 0.15) is 0 Å². The van der Waals surface area contributed by atoms with E-state index >= 15 is 0 Å². The van der Waals surface area contributed by atoms with Gasteiger partial charge in [-0.2, -0.15) is 8.61 Å². The molecule has 0 aromatic carbocycles. The van der Waals surface area contributed by atoms with Gasteiger partial charge in [0.2, 0.25) is 20.0 Å². The van der Waals surface area contributed by atoms with Crippen molar-refractivity contribution in [3.8, 4) is 0 Å². The summed E-state index contributed by atoms with van der Waals surface area (Å²) >= 11 is 0. The van der Waals surface area contributed by atoms with Crippen molar-refractivity contribution < 1.29 is 16.8 Å². The van der Waals surface area contributed by atoms with Crippen LogP contribution in [0.4, 0.5) is 0 Å². The van der Waals surface area contributed by atoms with Gasteiger partial charge in [-0.15, -0.1) is 0 Å². The molecule has 1 unspecified atom stereocenters. The Morgan fingerprint density at radius 1 is 1.00 bits per heavy atom. The van der Waals surface area contributed by atoms with E-state index in [1.807, 2.05) is 0 Å². The van der Waals surface area contributed by atoms with E-state index in [0.717, 1.165) is 0 Å². The van der Waals surface area contributed by atoms with Crippen molar-refractivity contribution in [2.24, 2.45) is 0 Å². The maximum atomic E-state index is 12.2. The highest BCUT2D eigenvalue weighted by molar-refractivity contribution is 7.89. The first-order chi connectivity index (χ1) is 9.45. The molecule has 0 aromatic rings. The zero-order valence-electron chi connectivity index (χ0n) is 12.9. The number of rotatable bonds is 6. The summed E-state index contributed by atoms with van der Waals surface area (Å²) in [6, 6.07) is -0.386. The molecule has 0 saturated carbocycles. The maximum Gasteiger partial charge on any atom is 0.218 e. The molecule has 21 heavy (non-hydrogen) atoms. The Morgan fingerprint density at radius 3 is 1.90 bits per heavy atom. The van der Waals surface area contributed by atoms with E-state index < -0.39 is 20.0 Å². The summed E-state index contributed by atoms with van der Waals surface area (Å²) in [6.45, 7) is 12.8. The van der Waals surface area contributed by atoms with E-state index in [0.29, 0.717) is 11.1 Å². The molecular formula is C13H24N2O4S2. The van der Waals surface area contributed by atoms with Gasteiger partial charge in [0.25, 0.3) is 0 Å². The Hall–Kier alpha value is -0.700. The fourth-order valence-electron chi connectivity index (χ4n) is 2.37. The summed E-state index contributed by atoms with van der Waals surface area (Å²) in [7, 11) is -6.84. The van der Waals surface area contributed by atoms with Crippen molar-refractivity contribution in [3.05, 3.63) is 24.3 Å². The van der Waals surface area contributed by atoms with Crippen molar-refractivity contribution in [1.82, 2.24) is 8.61 Å². The van der Waals surface area contributed by atoms with E-state index in [-0.39, 0.29) is 37.2 Å². The normalized spacial score (nSPS) is 22.1. The summed E-state index contributed by atoms with van der Waals surface area (Å²) in [5.74, 6) is -0.200. The van der Waals surface area contributed by atoms with Gasteiger partial charge in [-0.25, -0.2) is 16.8 Å². The van der Waals surface area contributed by atoms with Crippen LogP contribution in [0.3, 0.4) is 0 Å². The minimum atomic E-state index is -3.43. The van der Waals surface area contributed by atoms with E-state index in [2.05, 4.69) is 13.2 Å². The summed E-state index contributed by atoms with van der Waals surface area (Å²) in [6.07, 6.45) is 0. The highest BCUT2D eigenvalue weighted by Gasteiger charge is 2.36. The van der Waals surface area contributed by atoms with Crippen molar-refractivity contribution >= 4 is 20.0 Å². The molecule has 1 atom stereocenters. The van der Waals surface area contributed by atoms with Gasteiger partial charge in [0.05, 0.1) is 11.5 Å². The highest BCUT2D eigenvalue weighted by Crippen LogP contribution is 2.19. The summed E-state index contributed by atoms with van der Waals surface area (Å²) in [4.78, 5) is 0. The number of nitrogens with zero attached hydrogens (tertiary/aromatic N) is 2. The van der Waals surface area contributed by atoms with Crippen LogP contribution in [-0.2, 0) is 20.0 Å². The van der Waals surface area contributed by atoms with Gasteiger partial charge in [0, 0.05) is 25.7 Å². The number of hydrogen-bond donors (Lipinski definition) is 0. The number of sulfonamides is 2. The van der Waals surface area contributed by atoms with Crippen LogP contribution >= 0.6 is 0 Å². The van der Waals surface area contributed by atoms with Gasteiger partial charge in [-0.1, -0.05) is 24.3 Å². The third-order valence-electron chi connectivity index (χ3n) is 3.14. The predicted molar refractivity (Wildman–Crippen MR) is 84.9 cm³/mol. The molecule has 6 nitrogen and oxygen atoms in total. The molecule has 0 bridgehead atoms. The van der Waals surface area contributed by atoms with Crippen molar-refractivity contribution in [2.45, 2.75) is 26.8 Å². The molecular weight excluding hydrogens is 312 g/mol. The minimum Gasteiger partial charge on any atom is -0.212 e. The Morgan fingerprint density at radius 2 is 1.48 bits per heavy atom. The molecule has 0 aromatic heterocycles. The predicted octanol–water partition coefficient (Wildman–Crippen LogP) is 0.804. The smallest absolute Gasteiger partial charge is 0.212 e. The van der Waals surface area contributed by atoms with Gasteiger partial charge in [-0.3, -0.25) is 0 Å². The highest BCUT2D eigenvalue weighted by atomic mass is 32.2. The number of hydrogen-bond acceptors (Lipinski definition) is 4. The lowest BCUT2D eigenvalue weighted by molar-refractivity contribution is 0.213. The molecule has 0 amide bonds. The van der Waals surface area contributed by atoms with E-state index in [1.54, 1.807) is 20.8 Å². The lowest BCUT2D eigenvalue weighted by Gasteiger charge is -2.38. The monoisotopic (exact) mass is 336 g/mol. The van der Waals surface area contributed by atoms with Gasteiger partial charge < -0.3 is 0 Å². The molecule has 1 fully saturated rings. The topological polar surface area (TPSA) is 74.8 Å². The van der Waals surface area contributed by atoms with Gasteiger partial charge in [0.15, 0.2) is 0 Å². The molecule has 1 aliphatic heterocycles. The van der Waals surface area contributed by atoms with Crippen LogP contribution in [0.2, 0.25) is 0 Å². The minimum absolute atomic E-state index is 0.0990. The quantitative estimate of drug-likeness (QED) is 0.673. The molecule has 1 saturated heterocycles. The van der Waals surface area contributed by atoms with Crippen LogP contribution in [-0.4, -0.2) is 62.6 Å². The second-order valence-electron chi connectivity index (χ2n) is 5.74. The molecule has 0 N–H and O–H groups in total. The van der Waals surface area contributed by atoms with E-state index in [9.17, 15) is 16.8 Å². The molecule has 0 aliphatic carbocycles. The molecule has 8 heteroatoms. The fraction of sp³-hybridized carbons (Fsp3) is 0.692. The first-order valence-corrected chi connectivity index (χ1v) is 9.93. The summed E-state index contributed by atoms with van der Waals surface area (Å²) < 4.78 is 51.5. The van der Waals surface area contributed by atoms with Crippen LogP contribution < -0.4 is 0 Å². The van der Waals surface area contributed by atoms with Crippen LogP contribution in [0.15, 0.2) is 24.3 Å². The average molecular weight is 336 g/mol. The third kappa shape index (κ3) is 4.91. The Labute approximate surface area is 128 Å². The van der Waals surface area contributed by atoms with Crippen LogP contribution in [0.5, 0.6) is 0 Å². The summed E-state index contributed by atoms with van der Waals surface area (Å²) in [5.41, 5.74) is 1.14. The van der Waals surface area contributed by atoms with Crippen LogP contribution in [0, 0.1) is 0 Å². The largest absolute Gasteiger partial charge is 0.218 e. The maximum absolute atomic E-state index is 12.2. The second-order valence-corrected chi connectivity index (χ2v) is 9.63. The lowest BCUT2D eigenvalue weighted by Crippen LogP contribution is -2.56. The lowest BCUT2D eigenvalue weighted by atomic mass is 10.3. The molecule has 0 spiro atoms. The zero-order valence-corrected chi connectivity index (χ0v) is 14.5. The van der Waals surface area contributed by atoms with Crippen molar-refractivity contribution in [1.29, 1.82) is 0 Å². The van der Waals surface area contributed by atoms with E-state index in [4.69, 9.17) is 0 Å². The summed E-state index contributed by atoms with van der Waals surface area (Å²) in [5, 5.41) is 0. The molecule has 0 radical (unpaired) electrons. The Kier molecular flexibility index (Phi) is 5.76. The Balaban J connectivity index is 2.84. The van der Waals surface area contributed by atoms with Crippen LogP contribution in [0.25, 0.3) is 0 Å². The number of piperazine rings is 1. The second kappa shape index (κ2) is 6.60. The third-order valence-corrected chi connectivity index (χ3v) is 7.23. The van der Waals surface area contributed by atoms with Gasteiger partial charge in [-0.05, 0) is 20.8 Å². The Bertz CT molecular complexity index is 623. The molecule has 122 valence electrons. The molecule has 1 heterocycles. The zero-order chi connectivity index (χ0) is 16.4. The van der Waals surface area contributed by atoms with Crippen molar-refractivity contribution in [2.75, 3.05) is 31.1 Å². The SMILES string of the molecule is C=C(C)CS(=O)(=O)N1CCN(S(=O)(=O)CC(=C)C)C(C)C1. The van der Waals surface area contributed by atoms with E-state index in [1.165, 1.54) is 8.61 Å². The fourth-order valence-corrected chi connectivity index (χ4v) is 5.74.